The molecule has 1 fully saturated rings. The highest BCUT2D eigenvalue weighted by atomic mass is 35.5. The lowest BCUT2D eigenvalue weighted by atomic mass is 10.2. The molecule has 2 rings (SSSR count). The average Bonchev–Trinajstić information content (AvgIpc) is 2.92. The van der Waals surface area contributed by atoms with Crippen LogP contribution in [0.3, 0.4) is 0 Å². The summed E-state index contributed by atoms with van der Waals surface area (Å²) in [6, 6.07) is 4.95. The summed E-state index contributed by atoms with van der Waals surface area (Å²) in [6.45, 7) is 0.220. The first kappa shape index (κ1) is 15.2. The van der Waals surface area contributed by atoms with E-state index in [0.717, 1.165) is 12.8 Å². The van der Waals surface area contributed by atoms with Crippen LogP contribution in [-0.4, -0.2) is 20.2 Å². The molecule has 20 heavy (non-hydrogen) atoms. The Balaban J connectivity index is 2.29. The normalized spacial score (nSPS) is 15.7. The zero-order valence-corrected chi connectivity index (χ0v) is 12.6. The molecular formula is C14H17ClN2O2S. The smallest absolute Gasteiger partial charge is 0.235 e. The van der Waals surface area contributed by atoms with E-state index in [0.29, 0.717) is 29.1 Å². The number of benzene rings is 1. The average molecular weight is 313 g/mol. The summed E-state index contributed by atoms with van der Waals surface area (Å²) < 4.78 is 27.2. The molecule has 6 heteroatoms. The fraction of sp³-hybridized carbons (Fsp3) is 0.429. The van der Waals surface area contributed by atoms with Crippen molar-refractivity contribution in [3.8, 4) is 11.8 Å². The third-order valence-electron chi connectivity index (χ3n) is 3.30. The summed E-state index contributed by atoms with van der Waals surface area (Å²) in [6.07, 6.45) is 3.33. The number of rotatable bonds is 3. The molecule has 0 radical (unpaired) electrons. The van der Waals surface area contributed by atoms with Crippen molar-refractivity contribution in [2.75, 3.05) is 11.3 Å². The Bertz CT molecular complexity index is 641. The molecule has 3 N–H and O–H groups in total. The Morgan fingerprint density at radius 1 is 1.35 bits per heavy atom. The fourth-order valence-electron chi connectivity index (χ4n) is 2.29. The minimum atomic E-state index is -3.39. The Hall–Kier alpha value is -1.22. The van der Waals surface area contributed by atoms with Gasteiger partial charge in [0.25, 0.3) is 0 Å². The maximum atomic E-state index is 12.3. The van der Waals surface area contributed by atoms with E-state index in [1.54, 1.807) is 18.2 Å². The van der Waals surface area contributed by atoms with Gasteiger partial charge in [0.05, 0.1) is 17.5 Å². The van der Waals surface area contributed by atoms with Crippen LogP contribution < -0.4 is 10.5 Å². The molecule has 0 spiro atoms. The van der Waals surface area contributed by atoms with Crippen molar-refractivity contribution in [3.05, 3.63) is 28.8 Å². The van der Waals surface area contributed by atoms with Gasteiger partial charge in [-0.1, -0.05) is 36.3 Å². The predicted molar refractivity (Wildman–Crippen MR) is 82.2 cm³/mol. The van der Waals surface area contributed by atoms with E-state index >= 15 is 0 Å². The second kappa shape index (κ2) is 6.49. The zero-order valence-electron chi connectivity index (χ0n) is 11.0. The minimum absolute atomic E-state index is 0.220. The van der Waals surface area contributed by atoms with Gasteiger partial charge in [0.15, 0.2) is 0 Å². The standard InChI is InChI=1S/C14H17ClN2O2S/c15-12-8-7-11(4-3-9-16)14(10-12)17-20(18,19)13-5-1-2-6-13/h7-8,10,13,17H,1-2,5-6,9,16H2. The van der Waals surface area contributed by atoms with Gasteiger partial charge < -0.3 is 5.73 Å². The minimum Gasteiger partial charge on any atom is -0.320 e. The Morgan fingerprint density at radius 2 is 2.05 bits per heavy atom. The maximum Gasteiger partial charge on any atom is 0.235 e. The number of halogens is 1. The van der Waals surface area contributed by atoms with Crippen LogP contribution in [0.1, 0.15) is 31.2 Å². The monoisotopic (exact) mass is 312 g/mol. The van der Waals surface area contributed by atoms with Crippen LogP contribution in [0.2, 0.25) is 5.02 Å². The largest absolute Gasteiger partial charge is 0.320 e. The van der Waals surface area contributed by atoms with Crippen molar-refractivity contribution in [2.24, 2.45) is 5.73 Å². The van der Waals surface area contributed by atoms with Gasteiger partial charge in [-0.15, -0.1) is 0 Å². The lowest BCUT2D eigenvalue weighted by molar-refractivity contribution is 0.585. The van der Waals surface area contributed by atoms with Crippen LogP contribution in [0.15, 0.2) is 18.2 Å². The lowest BCUT2D eigenvalue weighted by Crippen LogP contribution is -2.25. The fourth-order valence-corrected chi connectivity index (χ4v) is 4.06. The quantitative estimate of drug-likeness (QED) is 0.841. The number of nitrogens with one attached hydrogen (secondary N) is 1. The highest BCUT2D eigenvalue weighted by molar-refractivity contribution is 7.93. The van der Waals surface area contributed by atoms with E-state index < -0.39 is 10.0 Å². The first-order valence-electron chi connectivity index (χ1n) is 6.53. The van der Waals surface area contributed by atoms with Gasteiger partial charge in [0.1, 0.15) is 0 Å². The molecule has 0 amide bonds. The van der Waals surface area contributed by atoms with Crippen molar-refractivity contribution in [1.29, 1.82) is 0 Å². The van der Waals surface area contributed by atoms with Crippen LogP contribution in [0.4, 0.5) is 5.69 Å². The molecule has 0 atom stereocenters. The zero-order chi connectivity index (χ0) is 14.6. The summed E-state index contributed by atoms with van der Waals surface area (Å²) in [5.41, 5.74) is 6.35. The summed E-state index contributed by atoms with van der Waals surface area (Å²) in [4.78, 5) is 0. The molecule has 1 aliphatic rings. The number of sulfonamides is 1. The second-order valence-corrected chi connectivity index (χ2v) is 7.15. The molecule has 1 aromatic carbocycles. The van der Waals surface area contributed by atoms with Crippen LogP contribution in [0.5, 0.6) is 0 Å². The molecule has 0 saturated heterocycles. The van der Waals surface area contributed by atoms with Gasteiger partial charge >= 0.3 is 0 Å². The number of hydrogen-bond acceptors (Lipinski definition) is 3. The molecule has 0 aromatic heterocycles. The van der Waals surface area contributed by atoms with Gasteiger partial charge in [-0.3, -0.25) is 4.72 Å². The Morgan fingerprint density at radius 3 is 2.70 bits per heavy atom. The van der Waals surface area contributed by atoms with E-state index in [1.807, 2.05) is 0 Å². The summed E-state index contributed by atoms with van der Waals surface area (Å²) >= 11 is 5.93. The van der Waals surface area contributed by atoms with E-state index in [9.17, 15) is 8.42 Å². The van der Waals surface area contributed by atoms with Gasteiger partial charge in [-0.25, -0.2) is 8.42 Å². The molecule has 1 aliphatic carbocycles. The molecular weight excluding hydrogens is 296 g/mol. The van der Waals surface area contributed by atoms with Crippen LogP contribution in [0.25, 0.3) is 0 Å². The third kappa shape index (κ3) is 3.66. The molecule has 0 unspecified atom stereocenters. The molecule has 1 aromatic rings. The lowest BCUT2D eigenvalue weighted by Gasteiger charge is -2.14. The molecule has 0 heterocycles. The van der Waals surface area contributed by atoms with Gasteiger partial charge in [0, 0.05) is 10.6 Å². The van der Waals surface area contributed by atoms with Crippen molar-refractivity contribution in [1.82, 2.24) is 0 Å². The first-order valence-corrected chi connectivity index (χ1v) is 8.45. The highest BCUT2D eigenvalue weighted by Crippen LogP contribution is 2.28. The van der Waals surface area contributed by atoms with E-state index in [2.05, 4.69) is 16.6 Å². The predicted octanol–water partition coefficient (Wildman–Crippen LogP) is 2.33. The Kier molecular flexibility index (Phi) is 4.92. The van der Waals surface area contributed by atoms with Crippen molar-refractivity contribution >= 4 is 27.3 Å². The van der Waals surface area contributed by atoms with Gasteiger partial charge in [-0.2, -0.15) is 0 Å². The molecule has 108 valence electrons. The maximum absolute atomic E-state index is 12.3. The van der Waals surface area contributed by atoms with Crippen molar-refractivity contribution in [3.63, 3.8) is 0 Å². The van der Waals surface area contributed by atoms with Crippen molar-refractivity contribution < 1.29 is 8.42 Å². The second-order valence-electron chi connectivity index (χ2n) is 4.75. The van der Waals surface area contributed by atoms with Gasteiger partial charge in [0.2, 0.25) is 10.0 Å². The van der Waals surface area contributed by atoms with Crippen molar-refractivity contribution in [2.45, 2.75) is 30.9 Å². The third-order valence-corrected chi connectivity index (χ3v) is 5.39. The number of nitrogens with two attached hydrogens (primary N) is 1. The summed E-state index contributed by atoms with van der Waals surface area (Å²) in [5, 5.41) is 0.143. The molecule has 1 saturated carbocycles. The van der Waals surface area contributed by atoms with E-state index in [-0.39, 0.29) is 11.8 Å². The van der Waals surface area contributed by atoms with Crippen LogP contribution >= 0.6 is 11.6 Å². The SMILES string of the molecule is NCC#Cc1ccc(Cl)cc1NS(=O)(=O)C1CCCC1. The highest BCUT2D eigenvalue weighted by Gasteiger charge is 2.29. The summed E-state index contributed by atoms with van der Waals surface area (Å²) in [5.74, 6) is 5.57. The van der Waals surface area contributed by atoms with E-state index in [1.165, 1.54) is 0 Å². The van der Waals surface area contributed by atoms with Crippen LogP contribution in [0, 0.1) is 11.8 Å². The van der Waals surface area contributed by atoms with Gasteiger partial charge in [-0.05, 0) is 31.0 Å². The first-order chi connectivity index (χ1) is 9.53. The Labute approximate surface area is 124 Å². The molecule has 0 aliphatic heterocycles. The number of anilines is 1. The molecule has 0 bridgehead atoms. The van der Waals surface area contributed by atoms with E-state index in [4.69, 9.17) is 17.3 Å². The summed E-state index contributed by atoms with van der Waals surface area (Å²) in [7, 11) is -3.39. The van der Waals surface area contributed by atoms with Crippen LogP contribution in [-0.2, 0) is 10.0 Å². The number of hydrogen-bond donors (Lipinski definition) is 2. The topological polar surface area (TPSA) is 72.2 Å². The molecule has 4 nitrogen and oxygen atoms in total.